The minimum absolute atomic E-state index is 0.316. The van der Waals surface area contributed by atoms with Crippen LogP contribution >= 0.6 is 11.3 Å². The van der Waals surface area contributed by atoms with Gasteiger partial charge in [0.2, 0.25) is 0 Å². The van der Waals surface area contributed by atoms with Gasteiger partial charge in [0, 0.05) is 19.2 Å². The molecule has 2 N–H and O–H groups in total. The molecule has 0 aromatic carbocycles. The first-order valence-electron chi connectivity index (χ1n) is 6.57. The molecule has 3 rings (SSSR count). The average molecular weight is 305 g/mol. The average Bonchev–Trinajstić information content (AvgIpc) is 3.01. The lowest BCUT2D eigenvalue weighted by molar-refractivity contribution is 0.122. The van der Waals surface area contributed by atoms with Gasteiger partial charge < -0.3 is 9.64 Å². The van der Waals surface area contributed by atoms with E-state index in [1.807, 2.05) is 17.5 Å². The van der Waals surface area contributed by atoms with Gasteiger partial charge in [0.25, 0.3) is 0 Å². The van der Waals surface area contributed by atoms with Crippen LogP contribution in [0.5, 0.6) is 0 Å². The molecule has 0 atom stereocenters. The van der Waals surface area contributed by atoms with Crippen molar-refractivity contribution in [3.05, 3.63) is 29.9 Å². The molecule has 110 valence electrons. The second kappa shape index (κ2) is 6.51. The van der Waals surface area contributed by atoms with Gasteiger partial charge in [-0.1, -0.05) is 0 Å². The molecular weight excluding hydrogens is 290 g/mol. The molecule has 1 fully saturated rings. The zero-order valence-corrected chi connectivity index (χ0v) is 12.1. The van der Waals surface area contributed by atoms with Gasteiger partial charge in [-0.3, -0.25) is 10.6 Å². The molecular formula is C13H15N5O2S. The standard InChI is InChI=1S/C13H15N5O2S/c19-13(17-12-2-1-7-21-12)16-10-8-11(15-9-14-10)18-3-5-20-6-4-18/h1-2,7-9H,3-6H2,(H2,14,15,16,17,19). The van der Waals surface area contributed by atoms with Gasteiger partial charge in [0.1, 0.15) is 18.0 Å². The van der Waals surface area contributed by atoms with Crippen molar-refractivity contribution in [2.45, 2.75) is 0 Å². The van der Waals surface area contributed by atoms with E-state index in [0.717, 1.165) is 23.9 Å². The Labute approximate surface area is 126 Å². The molecule has 21 heavy (non-hydrogen) atoms. The lowest BCUT2D eigenvalue weighted by Gasteiger charge is -2.27. The summed E-state index contributed by atoms with van der Waals surface area (Å²) in [5, 5.41) is 8.14. The molecule has 2 aromatic rings. The maximum Gasteiger partial charge on any atom is 0.325 e. The number of ether oxygens (including phenoxy) is 1. The zero-order chi connectivity index (χ0) is 14.5. The summed E-state index contributed by atoms with van der Waals surface area (Å²) < 4.78 is 5.31. The van der Waals surface area contributed by atoms with Crippen molar-refractivity contribution >= 4 is 34.0 Å². The molecule has 2 aromatic heterocycles. The highest BCUT2D eigenvalue weighted by molar-refractivity contribution is 7.14. The smallest absolute Gasteiger partial charge is 0.325 e. The van der Waals surface area contributed by atoms with Gasteiger partial charge in [-0.25, -0.2) is 14.8 Å². The third kappa shape index (κ3) is 3.67. The van der Waals surface area contributed by atoms with Crippen LogP contribution in [0.2, 0.25) is 0 Å². The number of morpholine rings is 1. The second-order valence-electron chi connectivity index (χ2n) is 4.42. The van der Waals surface area contributed by atoms with E-state index in [-0.39, 0.29) is 6.03 Å². The molecule has 0 unspecified atom stereocenters. The maximum atomic E-state index is 11.9. The van der Waals surface area contributed by atoms with Gasteiger partial charge in [0.05, 0.1) is 18.2 Å². The minimum atomic E-state index is -0.316. The Morgan fingerprint density at radius 1 is 1.29 bits per heavy atom. The SMILES string of the molecule is O=C(Nc1cc(N2CCOCC2)ncn1)Nc1cccs1. The number of amides is 2. The van der Waals surface area contributed by atoms with Gasteiger partial charge in [0.15, 0.2) is 0 Å². The fourth-order valence-electron chi connectivity index (χ4n) is 1.99. The minimum Gasteiger partial charge on any atom is -0.378 e. The number of carbonyl (C=O) groups is 1. The number of thiophene rings is 1. The Morgan fingerprint density at radius 3 is 2.90 bits per heavy atom. The lowest BCUT2D eigenvalue weighted by Crippen LogP contribution is -2.36. The number of urea groups is 1. The van der Waals surface area contributed by atoms with Crippen LogP contribution in [0.3, 0.4) is 0 Å². The van der Waals surface area contributed by atoms with Crippen molar-refractivity contribution in [1.82, 2.24) is 9.97 Å². The number of nitrogens with one attached hydrogen (secondary N) is 2. The Kier molecular flexibility index (Phi) is 4.27. The molecule has 8 heteroatoms. The van der Waals surface area contributed by atoms with Crippen molar-refractivity contribution in [3.63, 3.8) is 0 Å². The molecule has 0 radical (unpaired) electrons. The predicted octanol–water partition coefficient (Wildman–Crippen LogP) is 2.02. The van der Waals surface area contributed by atoms with Crippen LogP contribution in [0.4, 0.5) is 21.4 Å². The summed E-state index contributed by atoms with van der Waals surface area (Å²) in [7, 11) is 0. The van der Waals surface area contributed by atoms with Crippen molar-refractivity contribution in [3.8, 4) is 0 Å². The number of aromatic nitrogens is 2. The van der Waals surface area contributed by atoms with Gasteiger partial charge >= 0.3 is 6.03 Å². The second-order valence-corrected chi connectivity index (χ2v) is 5.36. The highest BCUT2D eigenvalue weighted by atomic mass is 32.1. The van der Waals surface area contributed by atoms with Crippen LogP contribution in [0.15, 0.2) is 29.9 Å². The van der Waals surface area contributed by atoms with E-state index in [2.05, 4.69) is 25.5 Å². The van der Waals surface area contributed by atoms with Crippen LogP contribution in [0.1, 0.15) is 0 Å². The van der Waals surface area contributed by atoms with Crippen molar-refractivity contribution in [2.75, 3.05) is 41.8 Å². The number of anilines is 3. The fourth-order valence-corrected chi connectivity index (χ4v) is 2.60. The summed E-state index contributed by atoms with van der Waals surface area (Å²) in [4.78, 5) is 22.3. The van der Waals surface area contributed by atoms with Crippen molar-refractivity contribution in [2.24, 2.45) is 0 Å². The molecule has 3 heterocycles. The molecule has 1 saturated heterocycles. The van der Waals surface area contributed by atoms with E-state index in [1.54, 1.807) is 6.07 Å². The normalized spacial score (nSPS) is 14.8. The summed E-state index contributed by atoms with van der Waals surface area (Å²) in [6.07, 6.45) is 1.45. The first-order chi connectivity index (χ1) is 10.3. The summed E-state index contributed by atoms with van der Waals surface area (Å²) in [5.41, 5.74) is 0. The van der Waals surface area contributed by atoms with Crippen LogP contribution in [-0.2, 0) is 4.74 Å². The molecule has 7 nitrogen and oxygen atoms in total. The van der Waals surface area contributed by atoms with E-state index in [1.165, 1.54) is 17.7 Å². The molecule has 1 aliphatic heterocycles. The maximum absolute atomic E-state index is 11.9. The molecule has 0 aliphatic carbocycles. The third-order valence-corrected chi connectivity index (χ3v) is 3.77. The van der Waals surface area contributed by atoms with Gasteiger partial charge in [-0.05, 0) is 17.5 Å². The summed E-state index contributed by atoms with van der Waals surface area (Å²) in [5.74, 6) is 1.26. The lowest BCUT2D eigenvalue weighted by atomic mass is 10.4. The third-order valence-electron chi connectivity index (χ3n) is 2.99. The molecule has 0 bridgehead atoms. The van der Waals surface area contributed by atoms with E-state index in [0.29, 0.717) is 19.0 Å². The van der Waals surface area contributed by atoms with Crippen LogP contribution < -0.4 is 15.5 Å². The van der Waals surface area contributed by atoms with Crippen molar-refractivity contribution < 1.29 is 9.53 Å². The zero-order valence-electron chi connectivity index (χ0n) is 11.3. The van der Waals surface area contributed by atoms with Crippen LogP contribution in [0.25, 0.3) is 0 Å². The number of nitrogens with zero attached hydrogens (tertiary/aromatic N) is 3. The quantitative estimate of drug-likeness (QED) is 0.907. The van der Waals surface area contributed by atoms with Crippen LogP contribution in [-0.4, -0.2) is 42.3 Å². The number of hydrogen-bond acceptors (Lipinski definition) is 6. The summed E-state index contributed by atoms with van der Waals surface area (Å²) in [6, 6.07) is 5.16. The largest absolute Gasteiger partial charge is 0.378 e. The highest BCUT2D eigenvalue weighted by Crippen LogP contribution is 2.17. The fraction of sp³-hybridized carbons (Fsp3) is 0.308. The van der Waals surface area contributed by atoms with Crippen LogP contribution in [0, 0.1) is 0 Å². The van der Waals surface area contributed by atoms with E-state index in [9.17, 15) is 4.79 Å². The van der Waals surface area contributed by atoms with Gasteiger partial charge in [-0.15, -0.1) is 11.3 Å². The highest BCUT2D eigenvalue weighted by Gasteiger charge is 2.13. The molecule has 0 saturated carbocycles. The predicted molar refractivity (Wildman–Crippen MR) is 82.0 cm³/mol. The number of rotatable bonds is 3. The van der Waals surface area contributed by atoms with E-state index >= 15 is 0 Å². The van der Waals surface area contributed by atoms with E-state index in [4.69, 9.17) is 4.74 Å². The summed E-state index contributed by atoms with van der Waals surface area (Å²) in [6.45, 7) is 2.95. The van der Waals surface area contributed by atoms with Crippen molar-refractivity contribution in [1.29, 1.82) is 0 Å². The Bertz CT molecular complexity index is 598. The monoisotopic (exact) mass is 305 g/mol. The molecule has 2 amide bonds. The molecule has 0 spiro atoms. The number of hydrogen-bond donors (Lipinski definition) is 2. The molecule has 1 aliphatic rings. The first kappa shape index (κ1) is 13.8. The topological polar surface area (TPSA) is 79.4 Å². The first-order valence-corrected chi connectivity index (χ1v) is 7.45. The Morgan fingerprint density at radius 2 is 2.14 bits per heavy atom. The Balaban J connectivity index is 1.63. The Hall–Kier alpha value is -2.19. The number of carbonyl (C=O) groups excluding carboxylic acids is 1. The van der Waals surface area contributed by atoms with E-state index < -0.39 is 0 Å². The van der Waals surface area contributed by atoms with Gasteiger partial charge in [-0.2, -0.15) is 0 Å². The summed E-state index contributed by atoms with van der Waals surface area (Å²) >= 11 is 1.46.